The maximum atomic E-state index is 6.02. The Labute approximate surface area is 173 Å². The number of nitrogens with zero attached hydrogens (tertiary/aromatic N) is 5. The maximum absolute atomic E-state index is 6.02. The van der Waals surface area contributed by atoms with Crippen LogP contribution in [0.1, 0.15) is 24.4 Å². The number of benzene rings is 2. The molecular formula is C23H21N5O2. The van der Waals surface area contributed by atoms with Crippen LogP contribution in [0.3, 0.4) is 0 Å². The quantitative estimate of drug-likeness (QED) is 0.521. The summed E-state index contributed by atoms with van der Waals surface area (Å²) < 4.78 is 13.7. The van der Waals surface area contributed by atoms with Crippen molar-refractivity contribution in [3.8, 4) is 22.8 Å². The average Bonchev–Trinajstić information content (AvgIpc) is 3.48. The Balaban J connectivity index is 1.48. The number of rotatable bonds is 3. The van der Waals surface area contributed by atoms with E-state index in [1.807, 2.05) is 34.8 Å². The first kappa shape index (κ1) is 17.3. The minimum Gasteiger partial charge on any atom is -0.486 e. The van der Waals surface area contributed by atoms with E-state index < -0.39 is 0 Å². The summed E-state index contributed by atoms with van der Waals surface area (Å²) in [4.78, 5) is 11.5. The van der Waals surface area contributed by atoms with Gasteiger partial charge in [-0.15, -0.1) is 0 Å². The van der Waals surface area contributed by atoms with Crippen LogP contribution in [0, 0.1) is 0 Å². The second kappa shape index (κ2) is 7.02. The molecular weight excluding hydrogens is 378 g/mol. The molecule has 4 aromatic rings. The van der Waals surface area contributed by atoms with Crippen LogP contribution < -0.4 is 14.4 Å². The zero-order chi connectivity index (χ0) is 19.9. The van der Waals surface area contributed by atoms with E-state index in [-0.39, 0.29) is 6.04 Å². The number of hydrogen-bond acceptors (Lipinski definition) is 6. The SMILES string of the molecule is c1ccc(-c2cc(N3CCCC3c3cccc4c3OCCO4)n3ncnc3n2)cc1. The number of anilines is 1. The first-order chi connectivity index (χ1) is 14.9. The standard InChI is InChI=1S/C23H21N5O2/c1-2-6-16(7-3-1)18-14-21(28-23(26-18)24-15-25-28)27-11-5-9-19(27)17-8-4-10-20-22(17)30-13-12-29-20/h1-4,6-8,10,14-15,19H,5,9,11-13H2. The minimum absolute atomic E-state index is 0.181. The molecule has 0 aliphatic carbocycles. The Morgan fingerprint density at radius 1 is 0.967 bits per heavy atom. The Morgan fingerprint density at radius 2 is 1.87 bits per heavy atom. The lowest BCUT2D eigenvalue weighted by molar-refractivity contribution is 0.169. The third kappa shape index (κ3) is 2.77. The third-order valence-electron chi connectivity index (χ3n) is 5.81. The fraction of sp³-hybridized carbons (Fsp3) is 0.261. The van der Waals surface area contributed by atoms with Crippen LogP contribution in [0.25, 0.3) is 17.0 Å². The largest absolute Gasteiger partial charge is 0.486 e. The Kier molecular flexibility index (Phi) is 4.04. The van der Waals surface area contributed by atoms with Gasteiger partial charge in [0, 0.05) is 23.7 Å². The maximum Gasteiger partial charge on any atom is 0.254 e. The molecule has 4 heterocycles. The van der Waals surface area contributed by atoms with Gasteiger partial charge in [-0.25, -0.2) is 4.98 Å². The molecule has 2 aliphatic rings. The monoisotopic (exact) mass is 399 g/mol. The average molecular weight is 399 g/mol. The topological polar surface area (TPSA) is 64.8 Å². The summed E-state index contributed by atoms with van der Waals surface area (Å²) in [5.41, 5.74) is 3.12. The van der Waals surface area contributed by atoms with Crippen LogP contribution in [0.2, 0.25) is 0 Å². The molecule has 2 aromatic heterocycles. The van der Waals surface area contributed by atoms with E-state index in [0.717, 1.165) is 53.5 Å². The van der Waals surface area contributed by atoms with Crippen molar-refractivity contribution in [2.24, 2.45) is 0 Å². The molecule has 1 fully saturated rings. The smallest absolute Gasteiger partial charge is 0.254 e. The summed E-state index contributed by atoms with van der Waals surface area (Å²) in [5, 5.41) is 4.46. The van der Waals surface area contributed by atoms with Gasteiger partial charge in [0.2, 0.25) is 0 Å². The molecule has 0 radical (unpaired) electrons. The fourth-order valence-electron chi connectivity index (χ4n) is 4.48. The normalized spacial score (nSPS) is 18.1. The molecule has 1 atom stereocenters. The molecule has 7 heteroatoms. The molecule has 6 rings (SSSR count). The van der Waals surface area contributed by atoms with Crippen LogP contribution in [0.15, 0.2) is 60.9 Å². The van der Waals surface area contributed by atoms with Crippen molar-refractivity contribution >= 4 is 11.6 Å². The summed E-state index contributed by atoms with van der Waals surface area (Å²) in [6.45, 7) is 2.11. The number of para-hydroxylation sites is 1. The van der Waals surface area contributed by atoms with Gasteiger partial charge in [-0.2, -0.15) is 14.6 Å². The molecule has 0 spiro atoms. The van der Waals surface area contributed by atoms with Gasteiger partial charge >= 0.3 is 0 Å². The molecule has 0 N–H and O–H groups in total. The van der Waals surface area contributed by atoms with Crippen molar-refractivity contribution in [3.63, 3.8) is 0 Å². The first-order valence-corrected chi connectivity index (χ1v) is 10.3. The van der Waals surface area contributed by atoms with E-state index in [1.54, 1.807) is 6.33 Å². The Hall–Kier alpha value is -3.61. The van der Waals surface area contributed by atoms with E-state index in [2.05, 4.69) is 39.2 Å². The number of ether oxygens (including phenoxy) is 2. The summed E-state index contributed by atoms with van der Waals surface area (Å²) in [6, 6.07) is 18.7. The molecule has 30 heavy (non-hydrogen) atoms. The summed E-state index contributed by atoms with van der Waals surface area (Å²) >= 11 is 0. The van der Waals surface area contributed by atoms with Gasteiger partial charge in [0.25, 0.3) is 5.78 Å². The third-order valence-corrected chi connectivity index (χ3v) is 5.81. The number of hydrogen-bond donors (Lipinski definition) is 0. The molecule has 0 saturated carbocycles. The Morgan fingerprint density at radius 3 is 2.80 bits per heavy atom. The van der Waals surface area contributed by atoms with E-state index in [4.69, 9.17) is 14.5 Å². The molecule has 150 valence electrons. The lowest BCUT2D eigenvalue weighted by Crippen LogP contribution is -2.27. The minimum atomic E-state index is 0.181. The van der Waals surface area contributed by atoms with Gasteiger partial charge in [-0.1, -0.05) is 42.5 Å². The zero-order valence-corrected chi connectivity index (χ0v) is 16.4. The lowest BCUT2D eigenvalue weighted by atomic mass is 10.0. The Bertz CT molecular complexity index is 1210. The molecule has 7 nitrogen and oxygen atoms in total. The highest BCUT2D eigenvalue weighted by Gasteiger charge is 2.32. The van der Waals surface area contributed by atoms with Gasteiger partial charge in [0.05, 0.1) is 11.7 Å². The van der Waals surface area contributed by atoms with Crippen LogP contribution in [-0.2, 0) is 0 Å². The van der Waals surface area contributed by atoms with Crippen molar-refractivity contribution in [3.05, 3.63) is 66.5 Å². The zero-order valence-electron chi connectivity index (χ0n) is 16.4. The highest BCUT2D eigenvalue weighted by molar-refractivity contribution is 5.66. The van der Waals surface area contributed by atoms with Gasteiger partial charge in [-0.05, 0) is 18.9 Å². The molecule has 1 unspecified atom stereocenters. The summed E-state index contributed by atoms with van der Waals surface area (Å²) in [6.07, 6.45) is 3.69. The second-order valence-electron chi connectivity index (χ2n) is 7.56. The highest BCUT2D eigenvalue weighted by Crippen LogP contribution is 2.44. The first-order valence-electron chi connectivity index (χ1n) is 10.3. The van der Waals surface area contributed by atoms with Crippen LogP contribution in [0.5, 0.6) is 11.5 Å². The molecule has 0 amide bonds. The van der Waals surface area contributed by atoms with Gasteiger partial charge in [-0.3, -0.25) is 0 Å². The molecule has 2 aliphatic heterocycles. The fourth-order valence-corrected chi connectivity index (χ4v) is 4.48. The number of aromatic nitrogens is 4. The van der Waals surface area contributed by atoms with E-state index in [0.29, 0.717) is 19.0 Å². The van der Waals surface area contributed by atoms with E-state index in [1.165, 1.54) is 0 Å². The predicted molar refractivity (Wildman–Crippen MR) is 113 cm³/mol. The lowest BCUT2D eigenvalue weighted by Gasteiger charge is -2.30. The second-order valence-corrected chi connectivity index (χ2v) is 7.56. The van der Waals surface area contributed by atoms with E-state index in [9.17, 15) is 0 Å². The van der Waals surface area contributed by atoms with Gasteiger partial charge in [0.15, 0.2) is 11.5 Å². The highest BCUT2D eigenvalue weighted by atomic mass is 16.6. The van der Waals surface area contributed by atoms with Crippen LogP contribution >= 0.6 is 0 Å². The van der Waals surface area contributed by atoms with Gasteiger partial charge < -0.3 is 14.4 Å². The van der Waals surface area contributed by atoms with Crippen molar-refractivity contribution in [1.82, 2.24) is 19.6 Å². The van der Waals surface area contributed by atoms with Crippen molar-refractivity contribution in [2.75, 3.05) is 24.7 Å². The van der Waals surface area contributed by atoms with Crippen molar-refractivity contribution in [1.29, 1.82) is 0 Å². The summed E-state index contributed by atoms with van der Waals surface area (Å²) in [5.74, 6) is 3.30. The molecule has 1 saturated heterocycles. The molecule has 0 bridgehead atoms. The van der Waals surface area contributed by atoms with E-state index >= 15 is 0 Å². The molecule has 2 aromatic carbocycles. The predicted octanol–water partition coefficient (Wildman–Crippen LogP) is 3.90. The number of fused-ring (bicyclic) bond motifs is 2. The van der Waals surface area contributed by atoms with Crippen LogP contribution in [-0.4, -0.2) is 39.3 Å². The van der Waals surface area contributed by atoms with Crippen molar-refractivity contribution in [2.45, 2.75) is 18.9 Å². The van der Waals surface area contributed by atoms with Gasteiger partial charge in [0.1, 0.15) is 25.4 Å². The van der Waals surface area contributed by atoms with Crippen LogP contribution in [0.4, 0.5) is 5.82 Å². The summed E-state index contributed by atoms with van der Waals surface area (Å²) in [7, 11) is 0. The van der Waals surface area contributed by atoms with Crippen molar-refractivity contribution < 1.29 is 9.47 Å².